The first-order chi connectivity index (χ1) is 8.19. The van der Waals surface area contributed by atoms with Gasteiger partial charge in [0.15, 0.2) is 5.78 Å². The number of carbonyl (C=O) groups excluding carboxylic acids is 1. The fourth-order valence-corrected chi connectivity index (χ4v) is 1.23. The number of allylic oxidation sites excluding steroid dienone is 4. The van der Waals surface area contributed by atoms with Crippen LogP contribution in [-0.2, 0) is 0 Å². The van der Waals surface area contributed by atoms with Crippen LogP contribution in [0, 0.1) is 6.92 Å². The first-order valence-electron chi connectivity index (χ1n) is 5.75. The van der Waals surface area contributed by atoms with Gasteiger partial charge in [-0.25, -0.2) is 0 Å². The van der Waals surface area contributed by atoms with Crippen molar-refractivity contribution in [1.29, 1.82) is 0 Å². The molecule has 0 heterocycles. The molecule has 0 aliphatic carbocycles. The summed E-state index contributed by atoms with van der Waals surface area (Å²) in [5.41, 5.74) is 2.38. The fourth-order valence-electron chi connectivity index (χ4n) is 1.23. The molecule has 0 aliphatic heterocycles. The van der Waals surface area contributed by atoms with Crippen molar-refractivity contribution in [2.45, 2.75) is 20.8 Å². The lowest BCUT2D eigenvalue weighted by Crippen LogP contribution is -2.00. The zero-order chi connectivity index (χ0) is 13.3. The van der Waals surface area contributed by atoms with Gasteiger partial charge in [0.1, 0.15) is 0 Å². The Morgan fingerprint density at radius 3 is 2.06 bits per heavy atom. The van der Waals surface area contributed by atoms with Crippen molar-refractivity contribution < 1.29 is 4.79 Å². The fraction of sp³-hybridized carbons (Fsp3) is 0.188. The number of rotatable bonds is 4. The lowest BCUT2D eigenvalue weighted by Gasteiger charge is -2.01. The highest BCUT2D eigenvalue weighted by atomic mass is 16.1. The number of carbonyl (C=O) groups is 1. The molecule has 0 N–H and O–H groups in total. The smallest absolute Gasteiger partial charge is 0.192 e. The molecule has 1 rings (SSSR count). The van der Waals surface area contributed by atoms with E-state index in [1.54, 1.807) is 18.2 Å². The summed E-state index contributed by atoms with van der Waals surface area (Å²) in [6, 6.07) is 7.47. The summed E-state index contributed by atoms with van der Waals surface area (Å²) in [5.74, 6) is -0.0232. The molecule has 1 heteroatoms. The van der Waals surface area contributed by atoms with Crippen molar-refractivity contribution in [3.63, 3.8) is 0 Å². The largest absolute Gasteiger partial charge is 0.289 e. The Hall–Kier alpha value is -1.89. The second-order valence-corrected chi connectivity index (χ2v) is 3.26. The molecule has 0 saturated heterocycles. The Kier molecular flexibility index (Phi) is 7.36. The molecule has 0 atom stereocenters. The highest BCUT2D eigenvalue weighted by molar-refractivity contribution is 6.10. The summed E-state index contributed by atoms with van der Waals surface area (Å²) in [4.78, 5) is 11.9. The van der Waals surface area contributed by atoms with Gasteiger partial charge in [-0.05, 0) is 6.92 Å². The average molecular weight is 228 g/mol. The van der Waals surface area contributed by atoms with E-state index in [-0.39, 0.29) is 5.78 Å². The summed E-state index contributed by atoms with van der Waals surface area (Å²) in [5, 5.41) is 0. The van der Waals surface area contributed by atoms with E-state index >= 15 is 0 Å². The zero-order valence-electron chi connectivity index (χ0n) is 10.9. The SMILES string of the molecule is C=C/C=C(\C=C)C(=O)c1ccc(C)cc1.CC. The Labute approximate surface area is 104 Å². The minimum atomic E-state index is -0.0232. The summed E-state index contributed by atoms with van der Waals surface area (Å²) in [7, 11) is 0. The van der Waals surface area contributed by atoms with Crippen LogP contribution < -0.4 is 0 Å². The van der Waals surface area contributed by atoms with Gasteiger partial charge in [0.05, 0.1) is 0 Å². The van der Waals surface area contributed by atoms with Crippen molar-refractivity contribution in [2.24, 2.45) is 0 Å². The zero-order valence-corrected chi connectivity index (χ0v) is 10.9. The molecule has 0 radical (unpaired) electrons. The van der Waals surface area contributed by atoms with E-state index in [1.165, 1.54) is 0 Å². The van der Waals surface area contributed by atoms with Crippen LogP contribution in [0.2, 0.25) is 0 Å². The minimum absolute atomic E-state index is 0.0232. The topological polar surface area (TPSA) is 17.1 Å². The molecule has 1 aromatic carbocycles. The van der Waals surface area contributed by atoms with Crippen molar-refractivity contribution in [2.75, 3.05) is 0 Å². The number of hydrogen-bond acceptors (Lipinski definition) is 1. The lowest BCUT2D eigenvalue weighted by atomic mass is 10.0. The van der Waals surface area contributed by atoms with Crippen LogP contribution in [-0.4, -0.2) is 5.78 Å². The van der Waals surface area contributed by atoms with Crippen LogP contribution in [0.3, 0.4) is 0 Å². The van der Waals surface area contributed by atoms with Gasteiger partial charge in [0.2, 0.25) is 0 Å². The molecular weight excluding hydrogens is 208 g/mol. The van der Waals surface area contributed by atoms with E-state index in [9.17, 15) is 4.79 Å². The molecule has 90 valence electrons. The molecule has 0 aromatic heterocycles. The molecule has 0 fully saturated rings. The second kappa shape index (κ2) is 8.28. The normalized spacial score (nSPS) is 9.94. The van der Waals surface area contributed by atoms with Crippen molar-refractivity contribution in [3.8, 4) is 0 Å². The van der Waals surface area contributed by atoms with E-state index in [2.05, 4.69) is 13.2 Å². The third-order valence-corrected chi connectivity index (χ3v) is 2.09. The van der Waals surface area contributed by atoms with Gasteiger partial charge < -0.3 is 0 Å². The van der Waals surface area contributed by atoms with Gasteiger partial charge in [-0.1, -0.05) is 75.1 Å². The van der Waals surface area contributed by atoms with Gasteiger partial charge in [0, 0.05) is 11.1 Å². The lowest BCUT2D eigenvalue weighted by molar-refractivity contribution is 0.103. The summed E-state index contributed by atoms with van der Waals surface area (Å²) >= 11 is 0. The molecule has 0 bridgehead atoms. The molecule has 17 heavy (non-hydrogen) atoms. The Morgan fingerprint density at radius 1 is 1.12 bits per heavy atom. The Bertz CT molecular complexity index is 408. The van der Waals surface area contributed by atoms with E-state index in [0.717, 1.165) is 5.56 Å². The first-order valence-corrected chi connectivity index (χ1v) is 5.75. The molecule has 1 nitrogen and oxygen atoms in total. The van der Waals surface area contributed by atoms with Crippen LogP contribution in [0.25, 0.3) is 0 Å². The van der Waals surface area contributed by atoms with Crippen molar-refractivity contribution >= 4 is 5.78 Å². The number of benzene rings is 1. The van der Waals surface area contributed by atoms with E-state index in [1.807, 2.05) is 45.0 Å². The molecule has 0 amide bonds. The average Bonchev–Trinajstić information content (AvgIpc) is 2.38. The van der Waals surface area contributed by atoms with E-state index in [4.69, 9.17) is 0 Å². The van der Waals surface area contributed by atoms with Crippen LogP contribution in [0.1, 0.15) is 29.8 Å². The number of hydrogen-bond donors (Lipinski definition) is 0. The van der Waals surface area contributed by atoms with Gasteiger partial charge in [-0.3, -0.25) is 4.79 Å². The highest BCUT2D eigenvalue weighted by Gasteiger charge is 2.07. The van der Waals surface area contributed by atoms with Gasteiger partial charge in [-0.2, -0.15) is 0 Å². The quantitative estimate of drug-likeness (QED) is 0.421. The van der Waals surface area contributed by atoms with Crippen LogP contribution >= 0.6 is 0 Å². The van der Waals surface area contributed by atoms with Crippen LogP contribution in [0.4, 0.5) is 0 Å². The third-order valence-electron chi connectivity index (χ3n) is 2.09. The number of ketones is 1. The maximum atomic E-state index is 11.9. The monoisotopic (exact) mass is 228 g/mol. The highest BCUT2D eigenvalue weighted by Crippen LogP contribution is 2.10. The molecule has 1 aromatic rings. The van der Waals surface area contributed by atoms with Gasteiger partial charge in [0.25, 0.3) is 0 Å². The van der Waals surface area contributed by atoms with E-state index in [0.29, 0.717) is 11.1 Å². The predicted octanol–water partition coefficient (Wildman–Crippen LogP) is 4.50. The summed E-state index contributed by atoms with van der Waals surface area (Å²) in [6.07, 6.45) is 4.79. The molecular formula is C16H20O. The third kappa shape index (κ3) is 4.64. The van der Waals surface area contributed by atoms with Gasteiger partial charge in [-0.15, -0.1) is 0 Å². The van der Waals surface area contributed by atoms with Crippen LogP contribution in [0.5, 0.6) is 0 Å². The predicted molar refractivity (Wildman–Crippen MR) is 75.3 cm³/mol. The Morgan fingerprint density at radius 2 is 1.65 bits per heavy atom. The van der Waals surface area contributed by atoms with E-state index < -0.39 is 0 Å². The number of aryl methyl sites for hydroxylation is 1. The Balaban J connectivity index is 0.00000121. The van der Waals surface area contributed by atoms with Gasteiger partial charge >= 0.3 is 0 Å². The maximum Gasteiger partial charge on any atom is 0.192 e. The van der Waals surface area contributed by atoms with Crippen LogP contribution in [0.15, 0.2) is 61.2 Å². The summed E-state index contributed by atoms with van der Waals surface area (Å²) in [6.45, 7) is 13.2. The van der Waals surface area contributed by atoms with Crippen molar-refractivity contribution in [1.82, 2.24) is 0 Å². The number of Topliss-reactive ketones (excluding diaryl/α,β-unsaturated/α-hetero) is 1. The first kappa shape index (κ1) is 15.1. The molecule has 0 aliphatic rings. The minimum Gasteiger partial charge on any atom is -0.289 e. The molecule has 0 saturated carbocycles. The van der Waals surface area contributed by atoms with Crippen molar-refractivity contribution in [3.05, 3.63) is 72.4 Å². The standard InChI is InChI=1S/C14H14O.C2H6/c1-4-6-12(5-2)14(15)13-9-7-11(3)8-10-13;1-2/h4-10H,1-2H2,3H3;1-2H3/b12-6+;. The summed E-state index contributed by atoms with van der Waals surface area (Å²) < 4.78 is 0. The molecule has 0 unspecified atom stereocenters. The maximum absolute atomic E-state index is 11.9. The second-order valence-electron chi connectivity index (χ2n) is 3.26. The molecule has 0 spiro atoms.